The number of methoxy groups -OCH3 is 1. The third-order valence-corrected chi connectivity index (χ3v) is 4.00. The van der Waals surface area contributed by atoms with E-state index in [9.17, 15) is 13.2 Å². The molecule has 1 rings (SSSR count). The molecule has 0 aliphatic heterocycles. The molecule has 0 aliphatic rings. The normalized spacial score (nSPS) is 11.3. The van der Waals surface area contributed by atoms with Gasteiger partial charge >= 0.3 is 5.97 Å². The van der Waals surface area contributed by atoms with Gasteiger partial charge in [0.15, 0.2) is 0 Å². The SMILES string of the molecule is COC(=O)c1cc(S(N)(=O)=O)ccc1SCCO. The molecule has 3 N–H and O–H groups in total. The van der Waals surface area contributed by atoms with Crippen LogP contribution in [0.3, 0.4) is 0 Å². The molecule has 8 heteroatoms. The van der Waals surface area contributed by atoms with Crippen LogP contribution in [0.5, 0.6) is 0 Å². The van der Waals surface area contributed by atoms with E-state index >= 15 is 0 Å². The predicted octanol–water partition coefficient (Wildman–Crippen LogP) is 0.205. The van der Waals surface area contributed by atoms with Crippen molar-refractivity contribution in [2.24, 2.45) is 5.14 Å². The Morgan fingerprint density at radius 1 is 1.50 bits per heavy atom. The van der Waals surface area contributed by atoms with Gasteiger partial charge in [-0.25, -0.2) is 18.4 Å². The molecule has 6 nitrogen and oxygen atoms in total. The molecule has 1 aromatic rings. The molecule has 0 aliphatic carbocycles. The molecular formula is C10H13NO5S2. The summed E-state index contributed by atoms with van der Waals surface area (Å²) in [5, 5.41) is 13.7. The number of esters is 1. The van der Waals surface area contributed by atoms with Crippen molar-refractivity contribution in [3.8, 4) is 0 Å². The zero-order valence-corrected chi connectivity index (χ0v) is 11.3. The fraction of sp³-hybridized carbons (Fsp3) is 0.300. The second-order valence-corrected chi connectivity index (χ2v) is 5.96. The number of hydrogen-bond acceptors (Lipinski definition) is 6. The van der Waals surface area contributed by atoms with Crippen LogP contribution in [0.25, 0.3) is 0 Å². The van der Waals surface area contributed by atoms with E-state index in [0.29, 0.717) is 10.6 Å². The number of nitrogens with two attached hydrogens (primary N) is 1. The van der Waals surface area contributed by atoms with Crippen LogP contribution in [-0.4, -0.2) is 39.0 Å². The fourth-order valence-corrected chi connectivity index (χ4v) is 2.55. The molecule has 0 heterocycles. The Morgan fingerprint density at radius 2 is 2.17 bits per heavy atom. The highest BCUT2D eigenvalue weighted by Gasteiger charge is 2.17. The van der Waals surface area contributed by atoms with Crippen LogP contribution in [0.15, 0.2) is 28.0 Å². The number of aliphatic hydroxyl groups excluding tert-OH is 1. The molecule has 0 fully saturated rings. The van der Waals surface area contributed by atoms with E-state index in [-0.39, 0.29) is 17.1 Å². The largest absolute Gasteiger partial charge is 0.465 e. The smallest absolute Gasteiger partial charge is 0.339 e. The van der Waals surface area contributed by atoms with E-state index < -0.39 is 16.0 Å². The Kier molecular flexibility index (Phi) is 5.15. The van der Waals surface area contributed by atoms with Crippen LogP contribution >= 0.6 is 11.8 Å². The first-order valence-corrected chi connectivity index (χ1v) is 7.42. The minimum Gasteiger partial charge on any atom is -0.465 e. The Balaban J connectivity index is 3.25. The third-order valence-electron chi connectivity index (χ3n) is 2.03. The predicted molar refractivity (Wildman–Crippen MR) is 67.0 cm³/mol. The summed E-state index contributed by atoms with van der Waals surface area (Å²) in [5.41, 5.74) is 0.113. The standard InChI is InChI=1S/C10H13NO5S2/c1-16-10(13)8-6-7(18(11,14)15)2-3-9(8)17-5-4-12/h2-3,6,12H,4-5H2,1H3,(H2,11,14,15). The number of thioether (sulfide) groups is 1. The molecule has 0 aromatic heterocycles. The van der Waals surface area contributed by atoms with Gasteiger partial charge in [-0.2, -0.15) is 0 Å². The molecule has 0 amide bonds. The van der Waals surface area contributed by atoms with Crippen molar-refractivity contribution in [2.45, 2.75) is 9.79 Å². The summed E-state index contributed by atoms with van der Waals surface area (Å²) in [6.07, 6.45) is 0. The highest BCUT2D eigenvalue weighted by molar-refractivity contribution is 7.99. The van der Waals surface area contributed by atoms with Gasteiger partial charge in [0, 0.05) is 10.6 Å². The minimum atomic E-state index is -3.87. The van der Waals surface area contributed by atoms with E-state index in [4.69, 9.17) is 10.2 Å². The minimum absolute atomic E-state index is 0.0534. The second-order valence-electron chi connectivity index (χ2n) is 3.27. The van der Waals surface area contributed by atoms with Crippen LogP contribution in [0.2, 0.25) is 0 Å². The number of carbonyl (C=O) groups is 1. The highest BCUT2D eigenvalue weighted by Crippen LogP contribution is 2.25. The average Bonchev–Trinajstić information content (AvgIpc) is 2.34. The summed E-state index contributed by atoms with van der Waals surface area (Å²) in [5.74, 6) is -0.264. The lowest BCUT2D eigenvalue weighted by Gasteiger charge is -2.08. The van der Waals surface area contributed by atoms with Crippen molar-refractivity contribution in [3.05, 3.63) is 23.8 Å². The van der Waals surface area contributed by atoms with Gasteiger partial charge in [-0.05, 0) is 18.2 Å². The third kappa shape index (κ3) is 3.70. The van der Waals surface area contributed by atoms with Crippen molar-refractivity contribution in [1.82, 2.24) is 0 Å². The molecule has 18 heavy (non-hydrogen) atoms. The van der Waals surface area contributed by atoms with E-state index in [2.05, 4.69) is 4.74 Å². The Labute approximate surface area is 109 Å². The summed E-state index contributed by atoms with van der Waals surface area (Å²) < 4.78 is 27.0. The number of ether oxygens (including phenoxy) is 1. The zero-order valence-electron chi connectivity index (χ0n) is 9.62. The maximum atomic E-state index is 11.5. The number of benzene rings is 1. The van der Waals surface area contributed by atoms with Gasteiger partial charge in [-0.15, -0.1) is 11.8 Å². The van der Waals surface area contributed by atoms with Gasteiger partial charge in [0.25, 0.3) is 0 Å². The number of sulfonamides is 1. The van der Waals surface area contributed by atoms with Crippen molar-refractivity contribution < 1.29 is 23.1 Å². The maximum absolute atomic E-state index is 11.5. The summed E-state index contributed by atoms with van der Waals surface area (Å²) >= 11 is 1.22. The summed E-state index contributed by atoms with van der Waals surface area (Å²) in [4.78, 5) is 11.9. The molecule has 0 radical (unpaired) electrons. The fourth-order valence-electron chi connectivity index (χ4n) is 1.24. The lowest BCUT2D eigenvalue weighted by Crippen LogP contribution is -2.14. The van der Waals surface area contributed by atoms with Crippen LogP contribution in [0.4, 0.5) is 0 Å². The number of hydrogen-bond donors (Lipinski definition) is 2. The summed E-state index contributed by atoms with van der Waals surface area (Å²) in [7, 11) is -2.67. The van der Waals surface area contributed by atoms with Crippen molar-refractivity contribution >= 4 is 27.8 Å². The average molecular weight is 291 g/mol. The molecule has 0 unspecified atom stereocenters. The number of rotatable bonds is 5. The van der Waals surface area contributed by atoms with E-state index in [1.807, 2.05) is 0 Å². The molecule has 0 spiro atoms. The van der Waals surface area contributed by atoms with Crippen LogP contribution in [0, 0.1) is 0 Å². The van der Waals surface area contributed by atoms with E-state index in [0.717, 1.165) is 0 Å². The van der Waals surface area contributed by atoms with Gasteiger partial charge in [0.2, 0.25) is 10.0 Å². The van der Waals surface area contributed by atoms with Gasteiger partial charge in [-0.3, -0.25) is 0 Å². The zero-order chi connectivity index (χ0) is 13.8. The van der Waals surface area contributed by atoms with Crippen molar-refractivity contribution in [2.75, 3.05) is 19.5 Å². The summed E-state index contributed by atoms with van der Waals surface area (Å²) in [6.45, 7) is -0.0534. The molecule has 1 aromatic carbocycles. The van der Waals surface area contributed by atoms with Crippen LogP contribution < -0.4 is 5.14 Å². The Morgan fingerprint density at radius 3 is 2.67 bits per heavy atom. The van der Waals surface area contributed by atoms with Crippen molar-refractivity contribution in [1.29, 1.82) is 0 Å². The Bertz CT molecular complexity index is 541. The van der Waals surface area contributed by atoms with Gasteiger partial charge in [0.05, 0.1) is 24.2 Å². The van der Waals surface area contributed by atoms with Gasteiger partial charge < -0.3 is 9.84 Å². The van der Waals surface area contributed by atoms with Crippen molar-refractivity contribution in [3.63, 3.8) is 0 Å². The molecule has 0 saturated heterocycles. The van der Waals surface area contributed by atoms with Crippen LogP contribution in [0.1, 0.15) is 10.4 Å². The topological polar surface area (TPSA) is 107 Å². The van der Waals surface area contributed by atoms with Gasteiger partial charge in [-0.1, -0.05) is 0 Å². The highest BCUT2D eigenvalue weighted by atomic mass is 32.2. The monoisotopic (exact) mass is 291 g/mol. The number of primary sulfonamides is 1. The van der Waals surface area contributed by atoms with E-state index in [1.54, 1.807) is 0 Å². The van der Waals surface area contributed by atoms with Crippen LogP contribution in [-0.2, 0) is 14.8 Å². The number of carbonyl (C=O) groups excluding carboxylic acids is 1. The Hall–Kier alpha value is -1.09. The first-order valence-electron chi connectivity index (χ1n) is 4.89. The quantitative estimate of drug-likeness (QED) is 0.593. The second kappa shape index (κ2) is 6.19. The molecule has 0 bridgehead atoms. The first-order chi connectivity index (χ1) is 8.40. The van der Waals surface area contributed by atoms with Gasteiger partial charge in [0.1, 0.15) is 0 Å². The summed E-state index contributed by atoms with van der Waals surface area (Å²) in [6, 6.07) is 3.94. The lowest BCUT2D eigenvalue weighted by atomic mass is 10.2. The molecule has 0 saturated carbocycles. The first kappa shape index (κ1) is 15.0. The molecular weight excluding hydrogens is 278 g/mol. The van der Waals surface area contributed by atoms with E-state index in [1.165, 1.54) is 37.1 Å². The lowest BCUT2D eigenvalue weighted by molar-refractivity contribution is 0.0596. The number of aliphatic hydroxyl groups is 1. The molecule has 100 valence electrons. The maximum Gasteiger partial charge on any atom is 0.339 e. The molecule has 0 atom stereocenters.